The van der Waals surface area contributed by atoms with Gasteiger partial charge in [-0.25, -0.2) is 0 Å². The zero-order chi connectivity index (χ0) is 13.4. The van der Waals surface area contributed by atoms with Crippen LogP contribution in [0.5, 0.6) is 0 Å². The highest BCUT2D eigenvalue weighted by Gasteiger charge is 2.31. The molecule has 0 bridgehead atoms. The summed E-state index contributed by atoms with van der Waals surface area (Å²) < 4.78 is 0. The molecular weight excluding hydrogens is 284 g/mol. The fourth-order valence-electron chi connectivity index (χ4n) is 2.03. The first-order chi connectivity index (χ1) is 9.15. The van der Waals surface area contributed by atoms with Crippen LogP contribution in [0.25, 0.3) is 11.4 Å². The molecule has 1 amide bonds. The van der Waals surface area contributed by atoms with E-state index in [1.807, 2.05) is 18.2 Å². The third-order valence-electron chi connectivity index (χ3n) is 2.95. The Morgan fingerprint density at radius 3 is 2.89 bits per heavy atom. The molecule has 1 saturated heterocycles. The van der Waals surface area contributed by atoms with E-state index in [0.29, 0.717) is 29.8 Å². The van der Waals surface area contributed by atoms with Crippen molar-refractivity contribution in [3.05, 3.63) is 29.3 Å². The van der Waals surface area contributed by atoms with Crippen molar-refractivity contribution in [1.82, 2.24) is 15.2 Å². The minimum absolute atomic E-state index is 0.00953. The van der Waals surface area contributed by atoms with Crippen LogP contribution in [0.4, 0.5) is 5.95 Å². The number of aromatic nitrogens is 3. The lowest BCUT2D eigenvalue weighted by molar-refractivity contribution is -0.117. The van der Waals surface area contributed by atoms with Crippen molar-refractivity contribution < 1.29 is 4.79 Å². The number of carbonyl (C=O) groups is 1. The number of nitrogens with one attached hydrogen (secondary N) is 1. The molecule has 0 saturated carbocycles. The third kappa shape index (κ3) is 2.33. The Hall–Kier alpha value is -1.53. The van der Waals surface area contributed by atoms with Gasteiger partial charge in [-0.2, -0.15) is 17.6 Å². The SMILES string of the molecule is O=C1CC(S)CN1c1n[nH]c(-c2ccccc2Cl)n1. The number of benzene rings is 1. The topological polar surface area (TPSA) is 61.9 Å². The van der Waals surface area contributed by atoms with Gasteiger partial charge >= 0.3 is 0 Å². The molecule has 1 aliphatic heterocycles. The maximum Gasteiger partial charge on any atom is 0.251 e. The fourth-order valence-corrected chi connectivity index (χ4v) is 2.57. The summed E-state index contributed by atoms with van der Waals surface area (Å²) in [5.74, 6) is 0.914. The third-order valence-corrected chi connectivity index (χ3v) is 3.62. The molecule has 0 spiro atoms. The van der Waals surface area contributed by atoms with E-state index in [1.54, 1.807) is 6.07 Å². The first-order valence-corrected chi connectivity index (χ1v) is 6.70. The van der Waals surface area contributed by atoms with E-state index < -0.39 is 0 Å². The van der Waals surface area contributed by atoms with Crippen LogP contribution in [0.15, 0.2) is 24.3 Å². The molecule has 0 aliphatic carbocycles. The van der Waals surface area contributed by atoms with E-state index in [1.165, 1.54) is 4.90 Å². The van der Waals surface area contributed by atoms with Gasteiger partial charge in [0.2, 0.25) is 5.91 Å². The van der Waals surface area contributed by atoms with Crippen LogP contribution in [0.2, 0.25) is 5.02 Å². The van der Waals surface area contributed by atoms with Gasteiger partial charge in [0.1, 0.15) is 0 Å². The zero-order valence-electron chi connectivity index (χ0n) is 9.88. The second-order valence-corrected chi connectivity index (χ2v) is 5.46. The van der Waals surface area contributed by atoms with E-state index in [-0.39, 0.29) is 11.2 Å². The fraction of sp³-hybridized carbons (Fsp3) is 0.250. The molecule has 1 unspecified atom stereocenters. The number of H-pyrrole nitrogens is 1. The lowest BCUT2D eigenvalue weighted by atomic mass is 10.2. The lowest BCUT2D eigenvalue weighted by Gasteiger charge is -2.09. The molecule has 0 radical (unpaired) electrons. The maximum atomic E-state index is 11.8. The van der Waals surface area contributed by atoms with E-state index in [9.17, 15) is 4.79 Å². The number of nitrogens with zero attached hydrogens (tertiary/aromatic N) is 3. The number of anilines is 1. The maximum absolute atomic E-state index is 11.8. The van der Waals surface area contributed by atoms with E-state index in [4.69, 9.17) is 11.6 Å². The molecule has 1 fully saturated rings. The molecule has 2 aromatic rings. The average Bonchev–Trinajstić information content (AvgIpc) is 2.96. The molecule has 1 aromatic heterocycles. The quantitative estimate of drug-likeness (QED) is 0.835. The normalized spacial score (nSPS) is 19.2. The number of amides is 1. The largest absolute Gasteiger partial charge is 0.278 e. The summed E-state index contributed by atoms with van der Waals surface area (Å²) in [6.07, 6.45) is 0.416. The summed E-state index contributed by atoms with van der Waals surface area (Å²) in [6, 6.07) is 7.34. The Kier molecular flexibility index (Phi) is 3.20. The standard InChI is InChI=1S/C12H11ClN4OS/c13-9-4-2-1-3-8(9)11-14-12(16-15-11)17-6-7(19)5-10(17)18/h1-4,7,19H,5-6H2,(H,14,15,16). The van der Waals surface area contributed by atoms with Crippen LogP contribution >= 0.6 is 24.2 Å². The van der Waals surface area contributed by atoms with Crippen molar-refractivity contribution in [1.29, 1.82) is 0 Å². The number of rotatable bonds is 2. The van der Waals surface area contributed by atoms with Crippen LogP contribution in [0.1, 0.15) is 6.42 Å². The van der Waals surface area contributed by atoms with Crippen LogP contribution in [-0.4, -0.2) is 32.9 Å². The molecule has 7 heteroatoms. The molecule has 19 heavy (non-hydrogen) atoms. The van der Waals surface area contributed by atoms with Crippen molar-refractivity contribution in [3.63, 3.8) is 0 Å². The summed E-state index contributed by atoms with van der Waals surface area (Å²) in [6.45, 7) is 0.530. The van der Waals surface area contributed by atoms with Gasteiger partial charge in [0.25, 0.3) is 5.95 Å². The number of carbonyl (C=O) groups excluding carboxylic acids is 1. The molecule has 3 rings (SSSR count). The van der Waals surface area contributed by atoms with Gasteiger partial charge in [-0.3, -0.25) is 14.8 Å². The Morgan fingerprint density at radius 2 is 2.21 bits per heavy atom. The van der Waals surface area contributed by atoms with Crippen LogP contribution in [0, 0.1) is 0 Å². The first kappa shape index (κ1) is 12.5. The van der Waals surface area contributed by atoms with Crippen molar-refractivity contribution in [3.8, 4) is 11.4 Å². The number of aromatic amines is 1. The molecule has 1 atom stereocenters. The Bertz CT molecular complexity index is 630. The van der Waals surface area contributed by atoms with Gasteiger partial charge in [-0.1, -0.05) is 23.7 Å². The molecule has 5 nitrogen and oxygen atoms in total. The van der Waals surface area contributed by atoms with E-state index >= 15 is 0 Å². The van der Waals surface area contributed by atoms with Gasteiger partial charge < -0.3 is 0 Å². The minimum atomic E-state index is -0.00953. The number of hydrogen-bond donors (Lipinski definition) is 2. The predicted molar refractivity (Wildman–Crippen MR) is 76.6 cm³/mol. The lowest BCUT2D eigenvalue weighted by Crippen LogP contribution is -2.25. The molecule has 98 valence electrons. The van der Waals surface area contributed by atoms with Crippen molar-refractivity contribution in [2.75, 3.05) is 11.4 Å². The van der Waals surface area contributed by atoms with Crippen molar-refractivity contribution in [2.45, 2.75) is 11.7 Å². The summed E-state index contributed by atoms with van der Waals surface area (Å²) in [5.41, 5.74) is 0.761. The molecule has 1 aromatic carbocycles. The molecule has 2 heterocycles. The van der Waals surface area contributed by atoms with Gasteiger partial charge in [-0.15, -0.1) is 5.10 Å². The molecular formula is C12H11ClN4OS. The molecule has 1 N–H and O–H groups in total. The Morgan fingerprint density at radius 1 is 1.42 bits per heavy atom. The average molecular weight is 295 g/mol. The monoisotopic (exact) mass is 294 g/mol. The highest BCUT2D eigenvalue weighted by Crippen LogP contribution is 2.27. The Balaban J connectivity index is 1.92. The highest BCUT2D eigenvalue weighted by atomic mass is 35.5. The second-order valence-electron chi connectivity index (χ2n) is 4.33. The van der Waals surface area contributed by atoms with Gasteiger partial charge in [0.15, 0.2) is 5.82 Å². The van der Waals surface area contributed by atoms with Crippen molar-refractivity contribution >= 4 is 36.1 Å². The minimum Gasteiger partial charge on any atom is -0.278 e. The first-order valence-electron chi connectivity index (χ1n) is 5.81. The summed E-state index contributed by atoms with van der Waals surface area (Å²) in [7, 11) is 0. The zero-order valence-corrected chi connectivity index (χ0v) is 11.5. The van der Waals surface area contributed by atoms with Gasteiger partial charge in [0, 0.05) is 23.8 Å². The van der Waals surface area contributed by atoms with Gasteiger partial charge in [-0.05, 0) is 12.1 Å². The van der Waals surface area contributed by atoms with E-state index in [0.717, 1.165) is 5.56 Å². The van der Waals surface area contributed by atoms with Crippen molar-refractivity contribution in [2.24, 2.45) is 0 Å². The number of hydrogen-bond acceptors (Lipinski definition) is 4. The van der Waals surface area contributed by atoms with Crippen LogP contribution in [0.3, 0.4) is 0 Å². The second kappa shape index (κ2) is 4.86. The summed E-state index contributed by atoms with van der Waals surface area (Å²) >= 11 is 10.4. The molecule has 1 aliphatic rings. The number of halogens is 1. The predicted octanol–water partition coefficient (Wildman–Crippen LogP) is 2.16. The smallest absolute Gasteiger partial charge is 0.251 e. The Labute approximate surface area is 120 Å². The van der Waals surface area contributed by atoms with Crippen LogP contribution < -0.4 is 4.90 Å². The van der Waals surface area contributed by atoms with Gasteiger partial charge in [0.05, 0.1) is 5.02 Å². The van der Waals surface area contributed by atoms with Crippen LogP contribution in [-0.2, 0) is 4.79 Å². The number of thiol groups is 1. The summed E-state index contributed by atoms with van der Waals surface area (Å²) in [4.78, 5) is 17.6. The van der Waals surface area contributed by atoms with E-state index in [2.05, 4.69) is 27.8 Å². The highest BCUT2D eigenvalue weighted by molar-refractivity contribution is 7.81. The summed E-state index contributed by atoms with van der Waals surface area (Å²) in [5, 5.41) is 7.51.